The number of carbonyl (C=O) groups excluding carboxylic acids is 1. The molecule has 2 N–H and O–H groups in total. The predicted octanol–water partition coefficient (Wildman–Crippen LogP) is 1.28. The Kier molecular flexibility index (Phi) is 5.15. The Morgan fingerprint density at radius 3 is 2.65 bits per heavy atom. The first kappa shape index (κ1) is 15.0. The normalized spacial score (nSPS) is 21.8. The Balaban J connectivity index is 2.16. The molecule has 4 nitrogen and oxygen atoms in total. The molecular weight excluding hydrogens is 250 g/mol. The topological polar surface area (TPSA) is 49.6 Å². The first-order valence-electron chi connectivity index (χ1n) is 7.41. The van der Waals surface area contributed by atoms with Gasteiger partial charge in [-0.1, -0.05) is 37.3 Å². The van der Waals surface area contributed by atoms with Crippen LogP contribution in [0.15, 0.2) is 30.3 Å². The van der Waals surface area contributed by atoms with Gasteiger partial charge in [-0.3, -0.25) is 4.79 Å². The molecular formula is C16H25N3O. The smallest absolute Gasteiger partial charge is 0.230 e. The van der Waals surface area contributed by atoms with E-state index in [9.17, 15) is 4.79 Å². The van der Waals surface area contributed by atoms with Crippen LogP contribution in [-0.2, 0) is 4.79 Å². The van der Waals surface area contributed by atoms with Crippen molar-refractivity contribution < 1.29 is 4.79 Å². The first-order chi connectivity index (χ1) is 9.67. The number of nitrogens with two attached hydrogens (primary N) is 1. The fraction of sp³-hybridized carbons (Fsp3) is 0.562. The van der Waals surface area contributed by atoms with Crippen LogP contribution >= 0.6 is 0 Å². The van der Waals surface area contributed by atoms with E-state index >= 15 is 0 Å². The molecule has 4 heteroatoms. The minimum atomic E-state index is -0.0475. The molecule has 0 aliphatic carbocycles. The maximum atomic E-state index is 12.9. The lowest BCUT2D eigenvalue weighted by atomic mass is 9.94. The van der Waals surface area contributed by atoms with Gasteiger partial charge in [-0.15, -0.1) is 0 Å². The molecule has 0 bridgehead atoms. The van der Waals surface area contributed by atoms with Crippen LogP contribution in [0.3, 0.4) is 0 Å². The van der Waals surface area contributed by atoms with Crippen LogP contribution in [0.4, 0.5) is 0 Å². The van der Waals surface area contributed by atoms with E-state index in [1.54, 1.807) is 0 Å². The van der Waals surface area contributed by atoms with Crippen molar-refractivity contribution in [1.82, 2.24) is 9.80 Å². The van der Waals surface area contributed by atoms with Gasteiger partial charge in [0, 0.05) is 26.2 Å². The molecule has 0 radical (unpaired) electrons. The number of amides is 1. The number of rotatable bonds is 4. The third kappa shape index (κ3) is 3.19. The molecule has 1 fully saturated rings. The average molecular weight is 275 g/mol. The van der Waals surface area contributed by atoms with Crippen LogP contribution in [0, 0.1) is 0 Å². The molecule has 0 aromatic heterocycles. The number of hydrogen-bond donors (Lipinski definition) is 1. The number of hydrogen-bond acceptors (Lipinski definition) is 3. The van der Waals surface area contributed by atoms with Crippen LogP contribution in [0.2, 0.25) is 0 Å². The largest absolute Gasteiger partial charge is 0.335 e. The van der Waals surface area contributed by atoms with Gasteiger partial charge in [0.25, 0.3) is 0 Å². The molecule has 1 saturated heterocycles. The number of likely N-dealkylation sites (N-methyl/N-ethyl adjacent to an activating group) is 1. The fourth-order valence-corrected chi connectivity index (χ4v) is 2.94. The van der Waals surface area contributed by atoms with E-state index in [0.717, 1.165) is 31.6 Å². The zero-order valence-electron chi connectivity index (χ0n) is 12.5. The molecule has 2 atom stereocenters. The summed E-state index contributed by atoms with van der Waals surface area (Å²) >= 11 is 0. The summed E-state index contributed by atoms with van der Waals surface area (Å²) in [7, 11) is 2.08. The standard InChI is InChI=1S/C16H25N3O/c1-3-15(13-7-5-4-6-8-13)16(20)19-10-9-18(2)12-14(19)11-17/h4-8,14-15H,3,9-12,17H2,1-2H3. The lowest BCUT2D eigenvalue weighted by Gasteiger charge is -2.41. The van der Waals surface area contributed by atoms with Gasteiger partial charge >= 0.3 is 0 Å². The fourth-order valence-electron chi connectivity index (χ4n) is 2.94. The molecule has 0 spiro atoms. The number of nitrogens with zero attached hydrogens (tertiary/aromatic N) is 2. The minimum absolute atomic E-state index is 0.0475. The quantitative estimate of drug-likeness (QED) is 0.900. The van der Waals surface area contributed by atoms with E-state index in [4.69, 9.17) is 5.73 Å². The minimum Gasteiger partial charge on any atom is -0.335 e. The average Bonchev–Trinajstić information content (AvgIpc) is 2.48. The molecule has 1 aromatic rings. The van der Waals surface area contributed by atoms with Gasteiger partial charge < -0.3 is 15.5 Å². The Morgan fingerprint density at radius 1 is 1.35 bits per heavy atom. The molecule has 1 heterocycles. The van der Waals surface area contributed by atoms with Gasteiger partial charge in [-0.2, -0.15) is 0 Å². The molecule has 20 heavy (non-hydrogen) atoms. The number of benzene rings is 1. The lowest BCUT2D eigenvalue weighted by molar-refractivity contribution is -0.137. The summed E-state index contributed by atoms with van der Waals surface area (Å²) in [5, 5.41) is 0. The van der Waals surface area contributed by atoms with Gasteiger partial charge in [-0.05, 0) is 19.0 Å². The van der Waals surface area contributed by atoms with Gasteiger partial charge in [0.15, 0.2) is 0 Å². The predicted molar refractivity (Wildman–Crippen MR) is 81.5 cm³/mol. The maximum Gasteiger partial charge on any atom is 0.230 e. The monoisotopic (exact) mass is 275 g/mol. The highest BCUT2D eigenvalue weighted by Gasteiger charge is 2.32. The van der Waals surface area contributed by atoms with Gasteiger partial charge in [0.2, 0.25) is 5.91 Å². The molecule has 1 aliphatic heterocycles. The van der Waals surface area contributed by atoms with Crippen molar-refractivity contribution in [1.29, 1.82) is 0 Å². The summed E-state index contributed by atoms with van der Waals surface area (Å²) in [4.78, 5) is 17.1. The van der Waals surface area contributed by atoms with Crippen LogP contribution in [-0.4, -0.2) is 55.0 Å². The van der Waals surface area contributed by atoms with Crippen molar-refractivity contribution in [3.8, 4) is 0 Å². The van der Waals surface area contributed by atoms with Gasteiger partial charge in [0.1, 0.15) is 0 Å². The maximum absolute atomic E-state index is 12.9. The molecule has 2 rings (SSSR count). The van der Waals surface area contributed by atoms with Crippen molar-refractivity contribution >= 4 is 5.91 Å². The molecule has 110 valence electrons. The van der Waals surface area contributed by atoms with E-state index in [-0.39, 0.29) is 17.9 Å². The Bertz CT molecular complexity index is 435. The summed E-state index contributed by atoms with van der Waals surface area (Å²) in [6, 6.07) is 10.2. The van der Waals surface area contributed by atoms with E-state index < -0.39 is 0 Å². The van der Waals surface area contributed by atoms with E-state index in [1.807, 2.05) is 35.2 Å². The first-order valence-corrected chi connectivity index (χ1v) is 7.41. The number of piperazine rings is 1. The molecule has 2 unspecified atom stereocenters. The number of carbonyl (C=O) groups is 1. The van der Waals surface area contributed by atoms with Crippen molar-refractivity contribution in [2.45, 2.75) is 25.3 Å². The van der Waals surface area contributed by atoms with Crippen molar-refractivity contribution in [3.63, 3.8) is 0 Å². The highest BCUT2D eigenvalue weighted by molar-refractivity contribution is 5.84. The highest BCUT2D eigenvalue weighted by Crippen LogP contribution is 2.24. The molecule has 1 aliphatic rings. The summed E-state index contributed by atoms with van der Waals surface area (Å²) in [6.07, 6.45) is 0.826. The van der Waals surface area contributed by atoms with Gasteiger partial charge in [-0.25, -0.2) is 0 Å². The Labute approximate surface area is 121 Å². The second-order valence-electron chi connectivity index (χ2n) is 5.55. The lowest BCUT2D eigenvalue weighted by Crippen LogP contribution is -2.57. The van der Waals surface area contributed by atoms with E-state index in [0.29, 0.717) is 6.54 Å². The van der Waals surface area contributed by atoms with Crippen LogP contribution in [0.5, 0.6) is 0 Å². The highest BCUT2D eigenvalue weighted by atomic mass is 16.2. The van der Waals surface area contributed by atoms with Crippen LogP contribution in [0.1, 0.15) is 24.8 Å². The summed E-state index contributed by atoms with van der Waals surface area (Å²) in [5.41, 5.74) is 6.96. The zero-order valence-corrected chi connectivity index (χ0v) is 12.5. The second kappa shape index (κ2) is 6.86. The molecule has 0 saturated carbocycles. The third-order valence-corrected chi connectivity index (χ3v) is 4.15. The van der Waals surface area contributed by atoms with Crippen molar-refractivity contribution in [3.05, 3.63) is 35.9 Å². The Morgan fingerprint density at radius 2 is 2.05 bits per heavy atom. The molecule has 1 amide bonds. The van der Waals surface area contributed by atoms with E-state index in [1.165, 1.54) is 0 Å². The Hall–Kier alpha value is -1.39. The van der Waals surface area contributed by atoms with Gasteiger partial charge in [0.05, 0.1) is 12.0 Å². The van der Waals surface area contributed by atoms with Crippen LogP contribution in [0.25, 0.3) is 0 Å². The van der Waals surface area contributed by atoms with E-state index in [2.05, 4.69) is 18.9 Å². The third-order valence-electron chi connectivity index (χ3n) is 4.15. The SMILES string of the molecule is CCC(C(=O)N1CCN(C)CC1CN)c1ccccc1. The van der Waals surface area contributed by atoms with Crippen molar-refractivity contribution in [2.75, 3.05) is 33.2 Å². The zero-order chi connectivity index (χ0) is 14.5. The van der Waals surface area contributed by atoms with Crippen LogP contribution < -0.4 is 5.73 Å². The second-order valence-corrected chi connectivity index (χ2v) is 5.55. The molecule has 1 aromatic carbocycles. The summed E-state index contributed by atoms with van der Waals surface area (Å²) in [5.74, 6) is 0.177. The summed E-state index contributed by atoms with van der Waals surface area (Å²) < 4.78 is 0. The van der Waals surface area contributed by atoms with Crippen molar-refractivity contribution in [2.24, 2.45) is 5.73 Å². The summed E-state index contributed by atoms with van der Waals surface area (Å²) in [6.45, 7) is 5.17.